The standard InChI is InChI=1S/C27H40Cl2N2O3/c1-33-27(32)26(17-20-5-3-2-4-6-20)31-15-9-21(10-16-31)19-30-13-11-22(12-14-30)34-23-7-8-24(28)25(29)18-23/h7-8,18,20-22,26H,2-6,9-17,19H2,1H3/t26-/m0/s1. The summed E-state index contributed by atoms with van der Waals surface area (Å²) in [5, 5.41) is 1.10. The van der Waals surface area contributed by atoms with Crippen molar-refractivity contribution in [3.8, 4) is 5.75 Å². The number of hydrogen-bond acceptors (Lipinski definition) is 5. The molecule has 1 aliphatic carbocycles. The molecule has 3 aliphatic rings. The molecular weight excluding hydrogens is 471 g/mol. The van der Waals surface area contributed by atoms with E-state index in [0.717, 1.165) is 70.6 Å². The minimum atomic E-state index is -0.0525. The highest BCUT2D eigenvalue weighted by atomic mass is 35.5. The fourth-order valence-corrected chi connectivity index (χ4v) is 6.32. The van der Waals surface area contributed by atoms with E-state index in [9.17, 15) is 4.79 Å². The Morgan fingerprint density at radius 2 is 1.65 bits per heavy atom. The number of nitrogens with zero attached hydrogens (tertiary/aromatic N) is 2. The topological polar surface area (TPSA) is 42.0 Å². The number of carbonyl (C=O) groups is 1. The maximum absolute atomic E-state index is 12.6. The Labute approximate surface area is 215 Å². The van der Waals surface area contributed by atoms with Crippen molar-refractivity contribution in [2.45, 2.75) is 76.4 Å². The van der Waals surface area contributed by atoms with E-state index in [2.05, 4.69) is 9.80 Å². The van der Waals surface area contributed by atoms with E-state index >= 15 is 0 Å². The second-order valence-corrected chi connectivity index (χ2v) is 11.3. The van der Waals surface area contributed by atoms with E-state index in [-0.39, 0.29) is 18.1 Å². The lowest BCUT2D eigenvalue weighted by Crippen LogP contribution is -2.49. The predicted molar refractivity (Wildman–Crippen MR) is 138 cm³/mol. The van der Waals surface area contributed by atoms with Crippen molar-refractivity contribution >= 4 is 29.2 Å². The Balaban J connectivity index is 1.19. The van der Waals surface area contributed by atoms with E-state index in [1.807, 2.05) is 6.07 Å². The summed E-state index contributed by atoms with van der Waals surface area (Å²) in [5.41, 5.74) is 0. The summed E-state index contributed by atoms with van der Waals surface area (Å²) < 4.78 is 11.4. The van der Waals surface area contributed by atoms with Crippen LogP contribution in [0, 0.1) is 11.8 Å². The van der Waals surface area contributed by atoms with Crippen LogP contribution in [-0.4, -0.2) is 67.7 Å². The van der Waals surface area contributed by atoms with Crippen molar-refractivity contribution in [2.24, 2.45) is 11.8 Å². The molecule has 5 nitrogen and oxygen atoms in total. The zero-order valence-electron chi connectivity index (χ0n) is 20.5. The van der Waals surface area contributed by atoms with E-state index in [1.165, 1.54) is 39.2 Å². The third-order valence-electron chi connectivity index (χ3n) is 8.09. The zero-order chi connectivity index (χ0) is 23.9. The number of benzene rings is 1. The molecule has 1 atom stereocenters. The van der Waals surface area contributed by atoms with Gasteiger partial charge in [0.15, 0.2) is 0 Å². The van der Waals surface area contributed by atoms with Crippen molar-refractivity contribution in [3.05, 3.63) is 28.2 Å². The second kappa shape index (κ2) is 12.8. The summed E-state index contributed by atoms with van der Waals surface area (Å²) in [6.07, 6.45) is 12.1. The number of rotatable bonds is 8. The molecule has 0 aromatic heterocycles. The molecule has 34 heavy (non-hydrogen) atoms. The van der Waals surface area contributed by atoms with E-state index in [1.54, 1.807) is 12.1 Å². The number of esters is 1. The summed E-state index contributed by atoms with van der Waals surface area (Å²) in [4.78, 5) is 17.6. The van der Waals surface area contributed by atoms with Gasteiger partial charge in [0.05, 0.1) is 17.2 Å². The lowest BCUT2D eigenvalue weighted by molar-refractivity contribution is -0.148. The molecule has 2 heterocycles. The molecule has 2 saturated heterocycles. The molecule has 0 amide bonds. The largest absolute Gasteiger partial charge is 0.490 e. The number of hydrogen-bond donors (Lipinski definition) is 0. The van der Waals surface area contributed by atoms with Gasteiger partial charge in [-0.05, 0) is 69.2 Å². The lowest BCUT2D eigenvalue weighted by Gasteiger charge is -2.40. The van der Waals surface area contributed by atoms with Crippen LogP contribution in [0.5, 0.6) is 5.75 Å². The van der Waals surface area contributed by atoms with Gasteiger partial charge in [-0.25, -0.2) is 0 Å². The SMILES string of the molecule is COC(=O)[C@H](CC1CCCCC1)N1CCC(CN2CCC(Oc3ccc(Cl)c(Cl)c3)CC2)CC1. The Morgan fingerprint density at radius 1 is 0.941 bits per heavy atom. The van der Waals surface area contributed by atoms with Crippen LogP contribution in [0.1, 0.15) is 64.2 Å². The molecule has 1 aromatic rings. The molecule has 0 unspecified atom stereocenters. The minimum Gasteiger partial charge on any atom is -0.490 e. The number of carbonyl (C=O) groups excluding carboxylic acids is 1. The molecule has 190 valence electrons. The van der Waals surface area contributed by atoms with Crippen molar-refractivity contribution in [2.75, 3.05) is 39.8 Å². The van der Waals surface area contributed by atoms with Crippen LogP contribution in [0.4, 0.5) is 0 Å². The van der Waals surface area contributed by atoms with Crippen LogP contribution in [0.25, 0.3) is 0 Å². The average Bonchev–Trinajstić information content (AvgIpc) is 2.87. The molecular formula is C27H40Cl2N2O3. The van der Waals surface area contributed by atoms with Gasteiger partial charge in [0.1, 0.15) is 17.9 Å². The number of halogens is 2. The Bertz CT molecular complexity index is 786. The van der Waals surface area contributed by atoms with Gasteiger partial charge in [-0.2, -0.15) is 0 Å². The highest BCUT2D eigenvalue weighted by Crippen LogP contribution is 2.31. The van der Waals surface area contributed by atoms with Crippen molar-refractivity contribution in [3.63, 3.8) is 0 Å². The lowest BCUT2D eigenvalue weighted by atomic mass is 9.84. The second-order valence-electron chi connectivity index (χ2n) is 10.5. The molecule has 0 radical (unpaired) electrons. The van der Waals surface area contributed by atoms with Crippen LogP contribution in [0.3, 0.4) is 0 Å². The van der Waals surface area contributed by atoms with Crippen LogP contribution in [0.2, 0.25) is 10.0 Å². The van der Waals surface area contributed by atoms with Gasteiger partial charge in [0, 0.05) is 25.7 Å². The summed E-state index contributed by atoms with van der Waals surface area (Å²) in [6.45, 7) is 5.30. The predicted octanol–water partition coefficient (Wildman–Crippen LogP) is 6.06. The number of piperidine rings is 2. The van der Waals surface area contributed by atoms with Gasteiger partial charge in [-0.15, -0.1) is 0 Å². The molecule has 7 heteroatoms. The number of likely N-dealkylation sites (tertiary alicyclic amines) is 2. The molecule has 0 bridgehead atoms. The third kappa shape index (κ3) is 7.25. The third-order valence-corrected chi connectivity index (χ3v) is 8.83. The van der Waals surface area contributed by atoms with Crippen LogP contribution >= 0.6 is 23.2 Å². The molecule has 3 fully saturated rings. The highest BCUT2D eigenvalue weighted by Gasteiger charge is 2.33. The van der Waals surface area contributed by atoms with Gasteiger partial charge in [-0.1, -0.05) is 55.3 Å². The van der Waals surface area contributed by atoms with E-state index in [0.29, 0.717) is 21.9 Å². The summed E-state index contributed by atoms with van der Waals surface area (Å²) in [5.74, 6) is 2.15. The summed E-state index contributed by atoms with van der Waals surface area (Å²) in [7, 11) is 1.54. The molecule has 0 spiro atoms. The van der Waals surface area contributed by atoms with Crippen molar-refractivity contribution in [1.29, 1.82) is 0 Å². The van der Waals surface area contributed by atoms with Gasteiger partial charge >= 0.3 is 5.97 Å². The first-order valence-corrected chi connectivity index (χ1v) is 13.9. The maximum Gasteiger partial charge on any atom is 0.323 e. The van der Waals surface area contributed by atoms with Gasteiger partial charge in [0.25, 0.3) is 0 Å². The zero-order valence-corrected chi connectivity index (χ0v) is 22.0. The minimum absolute atomic E-state index is 0.0342. The fraction of sp³-hybridized carbons (Fsp3) is 0.741. The average molecular weight is 512 g/mol. The molecule has 0 N–H and O–H groups in total. The number of methoxy groups -OCH3 is 1. The van der Waals surface area contributed by atoms with Crippen molar-refractivity contribution in [1.82, 2.24) is 9.80 Å². The van der Waals surface area contributed by atoms with Gasteiger partial charge < -0.3 is 14.4 Å². The first-order valence-electron chi connectivity index (χ1n) is 13.2. The molecule has 2 aliphatic heterocycles. The van der Waals surface area contributed by atoms with E-state index in [4.69, 9.17) is 32.7 Å². The smallest absolute Gasteiger partial charge is 0.323 e. The van der Waals surface area contributed by atoms with Crippen LogP contribution in [0.15, 0.2) is 18.2 Å². The van der Waals surface area contributed by atoms with Crippen molar-refractivity contribution < 1.29 is 14.3 Å². The summed E-state index contributed by atoms with van der Waals surface area (Å²) >= 11 is 12.1. The highest BCUT2D eigenvalue weighted by molar-refractivity contribution is 6.42. The maximum atomic E-state index is 12.6. The Morgan fingerprint density at radius 3 is 2.29 bits per heavy atom. The monoisotopic (exact) mass is 510 g/mol. The Kier molecular flexibility index (Phi) is 9.81. The summed E-state index contributed by atoms with van der Waals surface area (Å²) in [6, 6.07) is 5.44. The number of ether oxygens (including phenoxy) is 2. The van der Waals surface area contributed by atoms with E-state index < -0.39 is 0 Å². The molecule has 4 rings (SSSR count). The first-order chi connectivity index (χ1) is 16.5. The van der Waals surface area contributed by atoms with Gasteiger partial charge in [0.2, 0.25) is 0 Å². The fourth-order valence-electron chi connectivity index (χ4n) is 6.03. The van der Waals surface area contributed by atoms with Crippen LogP contribution in [-0.2, 0) is 9.53 Å². The first kappa shape index (κ1) is 26.1. The van der Waals surface area contributed by atoms with Crippen LogP contribution < -0.4 is 4.74 Å². The van der Waals surface area contributed by atoms with Gasteiger partial charge in [-0.3, -0.25) is 9.69 Å². The quantitative estimate of drug-likeness (QED) is 0.397. The normalized spacial score (nSPS) is 23.0. The molecule has 1 aromatic carbocycles. The molecule has 1 saturated carbocycles. The Hall–Kier alpha value is -1.01.